The zero-order valence-electron chi connectivity index (χ0n) is 11.4. The molecule has 2 atom stereocenters. The van der Waals surface area contributed by atoms with E-state index in [1.807, 2.05) is 0 Å². The molecule has 1 amide bonds. The summed E-state index contributed by atoms with van der Waals surface area (Å²) in [5.41, 5.74) is 0. The smallest absolute Gasteiger partial charge is 0.307 e. The normalized spacial score (nSPS) is 23.3. The van der Waals surface area contributed by atoms with Crippen LogP contribution in [0.2, 0.25) is 0 Å². The molecule has 1 rings (SSSR count). The van der Waals surface area contributed by atoms with Crippen LogP contribution in [-0.2, 0) is 9.59 Å². The maximum Gasteiger partial charge on any atom is 0.307 e. The number of carboxylic acids is 1. The fourth-order valence-corrected chi connectivity index (χ4v) is 2.59. The van der Waals surface area contributed by atoms with E-state index in [1.54, 1.807) is 0 Å². The van der Waals surface area contributed by atoms with Gasteiger partial charge in [-0.3, -0.25) is 9.59 Å². The van der Waals surface area contributed by atoms with Crippen LogP contribution >= 0.6 is 0 Å². The van der Waals surface area contributed by atoms with Crippen molar-refractivity contribution in [3.05, 3.63) is 0 Å². The monoisotopic (exact) mass is 255 g/mol. The van der Waals surface area contributed by atoms with Crippen LogP contribution in [0.3, 0.4) is 0 Å². The molecule has 0 bridgehead atoms. The number of hydrogen-bond donors (Lipinski definition) is 2. The predicted molar refractivity (Wildman–Crippen MR) is 70.2 cm³/mol. The molecule has 1 aliphatic carbocycles. The van der Waals surface area contributed by atoms with Crippen molar-refractivity contribution in [1.82, 2.24) is 5.32 Å². The molecule has 0 aliphatic heterocycles. The van der Waals surface area contributed by atoms with Crippen molar-refractivity contribution in [2.75, 3.05) is 6.54 Å². The summed E-state index contributed by atoms with van der Waals surface area (Å²) in [5, 5.41) is 11.9. The maximum atomic E-state index is 11.9. The predicted octanol–water partition coefficient (Wildman–Crippen LogP) is 2.43. The van der Waals surface area contributed by atoms with Crippen molar-refractivity contribution >= 4 is 11.9 Å². The minimum absolute atomic E-state index is 0.0653. The number of carbonyl (C=O) groups excluding carboxylic acids is 1. The number of amides is 1. The molecule has 1 saturated carbocycles. The van der Waals surface area contributed by atoms with Gasteiger partial charge in [-0.2, -0.15) is 0 Å². The first-order valence-corrected chi connectivity index (χ1v) is 7.03. The molecule has 0 aromatic rings. The summed E-state index contributed by atoms with van der Waals surface area (Å²) in [7, 11) is 0. The molecule has 0 aromatic heterocycles. The van der Waals surface area contributed by atoms with E-state index in [0.717, 1.165) is 25.7 Å². The van der Waals surface area contributed by atoms with E-state index in [1.165, 1.54) is 6.42 Å². The Balaban J connectivity index is 2.22. The van der Waals surface area contributed by atoms with Crippen molar-refractivity contribution < 1.29 is 14.7 Å². The summed E-state index contributed by atoms with van der Waals surface area (Å²) in [6.07, 6.45) is 5.48. The third-order valence-electron chi connectivity index (χ3n) is 3.68. The number of carbonyl (C=O) groups is 2. The molecule has 4 heteroatoms. The van der Waals surface area contributed by atoms with Gasteiger partial charge in [0.15, 0.2) is 0 Å². The molecule has 0 saturated heterocycles. The molecule has 4 nitrogen and oxygen atoms in total. The molecule has 2 unspecified atom stereocenters. The van der Waals surface area contributed by atoms with Crippen LogP contribution in [0.4, 0.5) is 0 Å². The summed E-state index contributed by atoms with van der Waals surface area (Å²) in [5.74, 6) is -0.975. The van der Waals surface area contributed by atoms with Crippen molar-refractivity contribution in [3.63, 3.8) is 0 Å². The van der Waals surface area contributed by atoms with Gasteiger partial charge in [0.2, 0.25) is 5.91 Å². The van der Waals surface area contributed by atoms with Gasteiger partial charge >= 0.3 is 5.97 Å². The number of nitrogens with one attached hydrogen (secondary N) is 1. The molecule has 1 aliphatic rings. The number of aliphatic carboxylic acids is 1. The summed E-state index contributed by atoms with van der Waals surface area (Å²) in [6.45, 7) is 5.05. The first-order valence-electron chi connectivity index (χ1n) is 7.03. The molecular formula is C14H25NO3. The van der Waals surface area contributed by atoms with Gasteiger partial charge in [0.05, 0.1) is 11.8 Å². The van der Waals surface area contributed by atoms with Crippen molar-refractivity contribution in [2.45, 2.75) is 52.4 Å². The van der Waals surface area contributed by atoms with E-state index < -0.39 is 11.9 Å². The summed E-state index contributed by atoms with van der Waals surface area (Å²) in [6, 6.07) is 0. The third kappa shape index (κ3) is 4.67. The molecule has 18 heavy (non-hydrogen) atoms. The van der Waals surface area contributed by atoms with Crippen LogP contribution in [0, 0.1) is 17.8 Å². The quantitative estimate of drug-likeness (QED) is 0.687. The van der Waals surface area contributed by atoms with E-state index >= 15 is 0 Å². The van der Waals surface area contributed by atoms with Gasteiger partial charge in [-0.25, -0.2) is 0 Å². The van der Waals surface area contributed by atoms with E-state index in [9.17, 15) is 9.59 Å². The Kier molecular flexibility index (Phi) is 6.16. The first-order chi connectivity index (χ1) is 8.52. The lowest BCUT2D eigenvalue weighted by molar-refractivity contribution is -0.146. The zero-order chi connectivity index (χ0) is 13.5. The Bertz CT molecular complexity index is 289. The van der Waals surface area contributed by atoms with Crippen LogP contribution < -0.4 is 5.32 Å². The number of rotatable bonds is 7. The molecule has 1 fully saturated rings. The highest BCUT2D eigenvalue weighted by atomic mass is 16.4. The van der Waals surface area contributed by atoms with E-state index in [4.69, 9.17) is 5.11 Å². The zero-order valence-corrected chi connectivity index (χ0v) is 11.4. The Morgan fingerprint density at radius 1 is 1.22 bits per heavy atom. The molecule has 0 aromatic carbocycles. The molecule has 0 radical (unpaired) electrons. The molecule has 0 spiro atoms. The number of unbranched alkanes of at least 4 members (excludes halogenated alkanes) is 1. The Labute approximate surface area is 109 Å². The van der Waals surface area contributed by atoms with Crippen LogP contribution in [0.5, 0.6) is 0 Å². The fraction of sp³-hybridized carbons (Fsp3) is 0.857. The van der Waals surface area contributed by atoms with Gasteiger partial charge in [0, 0.05) is 6.54 Å². The Morgan fingerprint density at radius 3 is 2.50 bits per heavy atom. The largest absolute Gasteiger partial charge is 0.481 e. The highest BCUT2D eigenvalue weighted by molar-refractivity contribution is 5.85. The van der Waals surface area contributed by atoms with E-state index in [0.29, 0.717) is 18.9 Å². The second-order valence-corrected chi connectivity index (χ2v) is 5.66. The fourth-order valence-electron chi connectivity index (χ4n) is 2.59. The lowest BCUT2D eigenvalue weighted by atomic mass is 9.95. The average Bonchev–Trinajstić information content (AvgIpc) is 2.76. The third-order valence-corrected chi connectivity index (χ3v) is 3.68. The standard InChI is InChI=1S/C14H25NO3/c1-10(2)6-3-4-9-15-13(16)11-7-5-8-12(11)14(17)18/h10-12H,3-9H2,1-2H3,(H,15,16)(H,17,18). The van der Waals surface area contributed by atoms with Crippen LogP contribution in [-0.4, -0.2) is 23.5 Å². The molecule has 2 N–H and O–H groups in total. The molecular weight excluding hydrogens is 230 g/mol. The van der Waals surface area contributed by atoms with Crippen LogP contribution in [0.1, 0.15) is 52.4 Å². The maximum absolute atomic E-state index is 11.9. The van der Waals surface area contributed by atoms with Crippen molar-refractivity contribution in [2.24, 2.45) is 17.8 Å². The Hall–Kier alpha value is -1.06. The number of hydrogen-bond acceptors (Lipinski definition) is 2. The van der Waals surface area contributed by atoms with Crippen LogP contribution in [0.15, 0.2) is 0 Å². The summed E-state index contributed by atoms with van der Waals surface area (Å²) >= 11 is 0. The van der Waals surface area contributed by atoms with Crippen LogP contribution in [0.25, 0.3) is 0 Å². The minimum Gasteiger partial charge on any atom is -0.481 e. The minimum atomic E-state index is -0.826. The lowest BCUT2D eigenvalue weighted by Crippen LogP contribution is -2.35. The highest BCUT2D eigenvalue weighted by Crippen LogP contribution is 2.31. The second-order valence-electron chi connectivity index (χ2n) is 5.66. The van der Waals surface area contributed by atoms with Gasteiger partial charge in [-0.1, -0.05) is 33.1 Å². The molecule has 104 valence electrons. The average molecular weight is 255 g/mol. The number of carboxylic acid groups (broad SMARTS) is 1. The topological polar surface area (TPSA) is 66.4 Å². The van der Waals surface area contributed by atoms with Crippen molar-refractivity contribution in [1.29, 1.82) is 0 Å². The summed E-state index contributed by atoms with van der Waals surface area (Å²) in [4.78, 5) is 22.9. The SMILES string of the molecule is CC(C)CCCCNC(=O)C1CCCC1C(=O)O. The van der Waals surface area contributed by atoms with E-state index in [2.05, 4.69) is 19.2 Å². The van der Waals surface area contributed by atoms with Gasteiger partial charge < -0.3 is 10.4 Å². The van der Waals surface area contributed by atoms with Crippen molar-refractivity contribution in [3.8, 4) is 0 Å². The highest BCUT2D eigenvalue weighted by Gasteiger charge is 2.37. The lowest BCUT2D eigenvalue weighted by Gasteiger charge is -2.15. The summed E-state index contributed by atoms with van der Waals surface area (Å²) < 4.78 is 0. The second kappa shape index (κ2) is 7.39. The van der Waals surface area contributed by atoms with Gasteiger partial charge in [0.1, 0.15) is 0 Å². The van der Waals surface area contributed by atoms with E-state index in [-0.39, 0.29) is 11.8 Å². The van der Waals surface area contributed by atoms with Gasteiger partial charge in [0.25, 0.3) is 0 Å². The Morgan fingerprint density at radius 2 is 1.89 bits per heavy atom. The van der Waals surface area contributed by atoms with Gasteiger partial charge in [-0.05, 0) is 25.2 Å². The first kappa shape index (κ1) is 15.0. The molecule has 0 heterocycles. The van der Waals surface area contributed by atoms with Gasteiger partial charge in [-0.15, -0.1) is 0 Å².